The molecule has 0 amide bonds. The third-order valence-corrected chi connectivity index (χ3v) is 5.72. The molecule has 0 spiro atoms. The summed E-state index contributed by atoms with van der Waals surface area (Å²) in [5.74, 6) is 0.0612. The molecule has 5 atom stereocenters. The topological polar surface area (TPSA) is 144 Å². The van der Waals surface area contributed by atoms with E-state index in [2.05, 4.69) is 9.97 Å². The van der Waals surface area contributed by atoms with Crippen molar-refractivity contribution in [1.82, 2.24) is 9.97 Å². The normalized spacial score (nSPS) is 26.0. The summed E-state index contributed by atoms with van der Waals surface area (Å²) in [6, 6.07) is 3.47. The van der Waals surface area contributed by atoms with Gasteiger partial charge in [-0.05, 0) is 18.2 Å². The summed E-state index contributed by atoms with van der Waals surface area (Å²) < 4.78 is 32.2. The number of hydrogen-bond acceptors (Lipinski definition) is 9. The molecule has 2 N–H and O–H groups in total. The first-order chi connectivity index (χ1) is 12.4. The molecule has 0 bridgehead atoms. The molecule has 1 aliphatic carbocycles. The first-order valence-electron chi connectivity index (χ1n) is 7.70. The van der Waals surface area contributed by atoms with E-state index in [9.17, 15) is 9.46 Å². The third kappa shape index (κ3) is 7.35. The number of aromatic nitrogens is 2. The van der Waals surface area contributed by atoms with Crippen LogP contribution in [0, 0.1) is 17.2 Å². The van der Waals surface area contributed by atoms with Gasteiger partial charge in [-0.3, -0.25) is 4.57 Å². The Bertz CT molecular complexity index is 690. The lowest BCUT2D eigenvalue weighted by molar-refractivity contribution is 0.101. The van der Waals surface area contributed by atoms with E-state index in [4.69, 9.17) is 40.3 Å². The lowest BCUT2D eigenvalue weighted by Gasteiger charge is -2.21. The van der Waals surface area contributed by atoms with Crippen LogP contribution in [0.5, 0.6) is 5.88 Å². The third-order valence-electron chi connectivity index (χ3n) is 3.60. The van der Waals surface area contributed by atoms with Gasteiger partial charge in [-0.2, -0.15) is 5.26 Å². The second-order valence-electron chi connectivity index (χ2n) is 5.45. The van der Waals surface area contributed by atoms with E-state index in [-0.39, 0.29) is 31.7 Å². The Morgan fingerprint density at radius 3 is 2.92 bits per heavy atom. The molecule has 0 radical (unpaired) electrons. The Morgan fingerprint density at radius 2 is 2.27 bits per heavy atom. The molecule has 1 aromatic rings. The Balaban J connectivity index is 1.92. The maximum Gasteiger partial charge on any atom is 0.324 e. The van der Waals surface area contributed by atoms with Crippen molar-refractivity contribution in [3.8, 4) is 11.9 Å². The summed E-state index contributed by atoms with van der Waals surface area (Å²) in [5, 5.41) is 8.47. The molecule has 13 heteroatoms. The van der Waals surface area contributed by atoms with Crippen LogP contribution in [0.3, 0.4) is 0 Å². The van der Waals surface area contributed by atoms with Crippen molar-refractivity contribution in [1.29, 1.82) is 5.26 Å². The van der Waals surface area contributed by atoms with Crippen molar-refractivity contribution < 1.29 is 32.7 Å². The molecule has 1 fully saturated rings. The van der Waals surface area contributed by atoms with E-state index in [0.717, 1.165) is 0 Å². The van der Waals surface area contributed by atoms with Crippen molar-refractivity contribution in [2.24, 2.45) is 5.92 Å². The molecule has 0 aliphatic heterocycles. The van der Waals surface area contributed by atoms with Gasteiger partial charge in [-0.1, -0.05) is 0 Å². The highest BCUT2D eigenvalue weighted by Gasteiger charge is 2.38. The van der Waals surface area contributed by atoms with E-state index in [0.29, 0.717) is 18.7 Å². The zero-order valence-electron chi connectivity index (χ0n) is 13.6. The fraction of sp³-hybridized carbons (Fsp3) is 0.615. The highest BCUT2D eigenvalue weighted by Crippen LogP contribution is 2.46. The molecule has 144 valence electrons. The summed E-state index contributed by atoms with van der Waals surface area (Å²) >= 11 is 4.87. The van der Waals surface area contributed by atoms with Gasteiger partial charge in [0, 0.05) is 24.6 Å². The van der Waals surface area contributed by atoms with E-state index >= 15 is 0 Å². The average Bonchev–Trinajstić information content (AvgIpc) is 2.95. The molecule has 2 unspecified atom stereocenters. The van der Waals surface area contributed by atoms with Crippen LogP contribution >= 0.6 is 15.0 Å². The Hall–Kier alpha value is -0.950. The molecule has 26 heavy (non-hydrogen) atoms. The summed E-state index contributed by atoms with van der Waals surface area (Å²) in [4.78, 5) is 26.8. The summed E-state index contributed by atoms with van der Waals surface area (Å²) in [6.45, 7) is -3.54. The fourth-order valence-electron chi connectivity index (χ4n) is 2.54. The van der Waals surface area contributed by atoms with Crippen LogP contribution in [-0.4, -0.2) is 45.2 Å². The summed E-state index contributed by atoms with van der Waals surface area (Å²) in [5.41, 5.74) is 0. The molecule has 1 aromatic heterocycles. The predicted molar refractivity (Wildman–Crippen MR) is 93.9 cm³/mol. The summed E-state index contributed by atoms with van der Waals surface area (Å²) in [7, 11) is -3.15. The van der Waals surface area contributed by atoms with Gasteiger partial charge in [-0.25, -0.2) is 9.97 Å². The zero-order chi connectivity index (χ0) is 19.0. The predicted octanol–water partition coefficient (Wildman–Crippen LogP) is 1.56. The Labute approximate surface area is 156 Å². The number of hydrogen-bond donors (Lipinski definition) is 2. The SMILES string of the molecule is N#CCCOP(O)(=S)OC[C@H]1C[C@@H](Oc2ccncn2)C[C@@H]1O[PH](=O)O. The van der Waals surface area contributed by atoms with Crippen LogP contribution in [0.15, 0.2) is 18.6 Å². The molecule has 1 aliphatic rings. The second-order valence-corrected chi connectivity index (χ2v) is 9.05. The van der Waals surface area contributed by atoms with Gasteiger partial charge >= 0.3 is 15.0 Å². The average molecular weight is 423 g/mol. The quantitative estimate of drug-likeness (QED) is 0.418. The van der Waals surface area contributed by atoms with Gasteiger partial charge < -0.3 is 28.1 Å². The monoisotopic (exact) mass is 423 g/mol. The van der Waals surface area contributed by atoms with Crippen LogP contribution in [0.25, 0.3) is 0 Å². The van der Waals surface area contributed by atoms with E-state index in [1.54, 1.807) is 12.3 Å². The highest BCUT2D eigenvalue weighted by atomic mass is 32.5. The second kappa shape index (κ2) is 10.4. The standard InChI is InChI=1S/C13H19N3O7P2S/c14-3-1-5-20-25(19,26)21-8-10-6-11(7-12(10)23-24(17)18)22-13-2-4-15-9-16-13/h2,4,9-12,24H,1,5-8H2,(H,17,18)(H,19,26)/t10-,11-,12+,25?/m1/s1. The molecule has 0 saturated heterocycles. The lowest BCUT2D eigenvalue weighted by atomic mass is 10.1. The lowest BCUT2D eigenvalue weighted by Crippen LogP contribution is -2.20. The maximum atomic E-state index is 11.1. The van der Waals surface area contributed by atoms with Gasteiger partial charge in [0.05, 0.1) is 31.8 Å². The molecule has 2 rings (SSSR count). The van der Waals surface area contributed by atoms with E-state index < -0.39 is 21.1 Å². The first kappa shape index (κ1) is 21.4. The minimum Gasteiger partial charge on any atom is -0.474 e. The van der Waals surface area contributed by atoms with E-state index in [1.165, 1.54) is 6.33 Å². The molecule has 1 saturated carbocycles. The van der Waals surface area contributed by atoms with Crippen LogP contribution in [0.1, 0.15) is 19.3 Å². The van der Waals surface area contributed by atoms with Gasteiger partial charge in [0.25, 0.3) is 0 Å². The fourth-order valence-corrected chi connectivity index (χ4v) is 4.27. The molecular weight excluding hydrogens is 404 g/mol. The minimum atomic E-state index is -3.49. The smallest absolute Gasteiger partial charge is 0.324 e. The van der Waals surface area contributed by atoms with Gasteiger partial charge in [-0.15, -0.1) is 0 Å². The molecule has 0 aromatic carbocycles. The van der Waals surface area contributed by atoms with Crippen molar-refractivity contribution in [2.45, 2.75) is 31.5 Å². The zero-order valence-corrected chi connectivity index (χ0v) is 16.3. The van der Waals surface area contributed by atoms with Crippen molar-refractivity contribution in [2.75, 3.05) is 13.2 Å². The highest BCUT2D eigenvalue weighted by molar-refractivity contribution is 8.07. The van der Waals surface area contributed by atoms with Crippen molar-refractivity contribution in [3.63, 3.8) is 0 Å². The van der Waals surface area contributed by atoms with Crippen molar-refractivity contribution in [3.05, 3.63) is 18.6 Å². The molecule has 1 heterocycles. The maximum absolute atomic E-state index is 11.1. The van der Waals surface area contributed by atoms with Gasteiger partial charge in [0.2, 0.25) is 5.88 Å². The molecule has 10 nitrogen and oxygen atoms in total. The van der Waals surface area contributed by atoms with Crippen molar-refractivity contribution >= 4 is 26.8 Å². The van der Waals surface area contributed by atoms with Crippen LogP contribution in [0.2, 0.25) is 0 Å². The number of ether oxygens (including phenoxy) is 1. The van der Waals surface area contributed by atoms with Crippen LogP contribution < -0.4 is 4.74 Å². The van der Waals surface area contributed by atoms with Crippen LogP contribution in [0.4, 0.5) is 0 Å². The molecular formula is C13H19N3O7P2S. The Morgan fingerprint density at radius 1 is 1.46 bits per heavy atom. The summed E-state index contributed by atoms with van der Waals surface area (Å²) in [6.07, 6.45) is 2.90. The Kier molecular flexibility index (Phi) is 8.54. The number of nitrogens with zero attached hydrogens (tertiary/aromatic N) is 3. The largest absolute Gasteiger partial charge is 0.474 e. The minimum absolute atomic E-state index is 0.0240. The number of nitriles is 1. The number of rotatable bonds is 10. The van der Waals surface area contributed by atoms with E-state index in [1.807, 2.05) is 6.07 Å². The van der Waals surface area contributed by atoms with Gasteiger partial charge in [0.1, 0.15) is 12.4 Å². The first-order valence-corrected chi connectivity index (χ1v) is 11.6. The van der Waals surface area contributed by atoms with Crippen LogP contribution in [-0.2, 0) is 29.9 Å². The van der Waals surface area contributed by atoms with Gasteiger partial charge in [0.15, 0.2) is 0 Å².